The molecule has 8 heteroatoms. The molecule has 0 atom stereocenters. The Labute approximate surface area is 195 Å². The molecule has 0 spiro atoms. The first-order valence-electron chi connectivity index (χ1n) is 11.7. The summed E-state index contributed by atoms with van der Waals surface area (Å²) in [5.74, 6) is -0.0405. The second-order valence-corrected chi connectivity index (χ2v) is 9.16. The Morgan fingerprint density at radius 2 is 1.88 bits per heavy atom. The van der Waals surface area contributed by atoms with Gasteiger partial charge in [0.1, 0.15) is 0 Å². The summed E-state index contributed by atoms with van der Waals surface area (Å²) in [6.07, 6.45) is 6.57. The van der Waals surface area contributed by atoms with Gasteiger partial charge in [-0.1, -0.05) is 19.3 Å². The summed E-state index contributed by atoms with van der Waals surface area (Å²) in [6, 6.07) is 6.19. The summed E-state index contributed by atoms with van der Waals surface area (Å²) in [5.41, 5.74) is 3.87. The highest BCUT2D eigenvalue weighted by Gasteiger charge is 2.16. The summed E-state index contributed by atoms with van der Waals surface area (Å²) < 4.78 is 0. The highest BCUT2D eigenvalue weighted by Crippen LogP contribution is 2.23. The van der Waals surface area contributed by atoms with Crippen LogP contribution in [0.15, 0.2) is 23.6 Å². The standard InChI is InChI=1S/C24H35N5O2S/c1-4-29(5-2)20-12-13-21(17(3)15-20)27-22(30)14-11-19-16-32-24(26-19)28-23(31)25-18-9-7-6-8-10-18/h12-13,15-16,18H,4-11,14H2,1-3H3,(H,27,30)(H2,25,26,28,31). The molecule has 0 aliphatic heterocycles. The molecule has 1 aromatic carbocycles. The molecule has 1 aliphatic carbocycles. The number of hydrogen-bond acceptors (Lipinski definition) is 5. The molecular weight excluding hydrogens is 422 g/mol. The van der Waals surface area contributed by atoms with Crippen LogP contribution < -0.4 is 20.9 Å². The predicted molar refractivity (Wildman–Crippen MR) is 133 cm³/mol. The van der Waals surface area contributed by atoms with E-state index in [4.69, 9.17) is 0 Å². The van der Waals surface area contributed by atoms with Gasteiger partial charge < -0.3 is 15.5 Å². The van der Waals surface area contributed by atoms with Gasteiger partial charge in [0.25, 0.3) is 0 Å². The van der Waals surface area contributed by atoms with Gasteiger partial charge in [-0.05, 0) is 63.8 Å². The maximum Gasteiger partial charge on any atom is 0.321 e. The van der Waals surface area contributed by atoms with Crippen molar-refractivity contribution < 1.29 is 9.59 Å². The van der Waals surface area contributed by atoms with Gasteiger partial charge in [0.05, 0.1) is 5.69 Å². The summed E-state index contributed by atoms with van der Waals surface area (Å²) >= 11 is 1.39. The molecule has 0 radical (unpaired) electrons. The summed E-state index contributed by atoms with van der Waals surface area (Å²) in [4.78, 5) is 31.4. The molecule has 0 saturated heterocycles. The number of aryl methyl sites for hydroxylation is 2. The fraction of sp³-hybridized carbons (Fsp3) is 0.542. The first-order chi connectivity index (χ1) is 15.5. The van der Waals surface area contributed by atoms with Crippen molar-refractivity contribution in [1.82, 2.24) is 10.3 Å². The van der Waals surface area contributed by atoms with Crippen molar-refractivity contribution in [2.75, 3.05) is 28.6 Å². The Hall–Kier alpha value is -2.61. The van der Waals surface area contributed by atoms with Crippen molar-refractivity contribution in [3.63, 3.8) is 0 Å². The minimum Gasteiger partial charge on any atom is -0.372 e. The number of nitrogens with one attached hydrogen (secondary N) is 3. The van der Waals surface area contributed by atoms with Crippen LogP contribution in [0.3, 0.4) is 0 Å². The smallest absolute Gasteiger partial charge is 0.321 e. The van der Waals surface area contributed by atoms with E-state index in [1.165, 1.54) is 36.3 Å². The van der Waals surface area contributed by atoms with Crippen LogP contribution in [0.25, 0.3) is 0 Å². The molecule has 1 fully saturated rings. The Balaban J connectivity index is 1.45. The number of anilines is 3. The second-order valence-electron chi connectivity index (χ2n) is 8.30. The zero-order valence-corrected chi connectivity index (χ0v) is 20.2. The predicted octanol–water partition coefficient (Wildman–Crippen LogP) is 5.32. The van der Waals surface area contributed by atoms with Crippen molar-refractivity contribution in [3.8, 4) is 0 Å². The lowest BCUT2D eigenvalue weighted by molar-refractivity contribution is -0.116. The number of rotatable bonds is 9. The van der Waals surface area contributed by atoms with Crippen LogP contribution in [0, 0.1) is 6.92 Å². The molecule has 1 aromatic heterocycles. The van der Waals surface area contributed by atoms with Gasteiger partial charge in [0.2, 0.25) is 5.91 Å². The van der Waals surface area contributed by atoms with Crippen LogP contribution in [0.5, 0.6) is 0 Å². The average Bonchev–Trinajstić information content (AvgIpc) is 3.23. The van der Waals surface area contributed by atoms with Crippen LogP contribution in [0.4, 0.5) is 21.3 Å². The quantitative estimate of drug-likeness (QED) is 0.475. The minimum atomic E-state index is -0.195. The van der Waals surface area contributed by atoms with Crippen molar-refractivity contribution in [2.45, 2.75) is 71.8 Å². The molecule has 3 amide bonds. The molecule has 3 rings (SSSR count). The van der Waals surface area contributed by atoms with E-state index in [9.17, 15) is 9.59 Å². The molecule has 3 N–H and O–H groups in total. The van der Waals surface area contributed by atoms with E-state index < -0.39 is 0 Å². The largest absolute Gasteiger partial charge is 0.372 e. The van der Waals surface area contributed by atoms with Crippen LogP contribution >= 0.6 is 11.3 Å². The van der Waals surface area contributed by atoms with Gasteiger partial charge in [-0.15, -0.1) is 11.3 Å². The van der Waals surface area contributed by atoms with Gasteiger partial charge in [-0.25, -0.2) is 9.78 Å². The Kier molecular flexibility index (Phi) is 8.90. The topological polar surface area (TPSA) is 86.4 Å². The third-order valence-electron chi connectivity index (χ3n) is 5.93. The molecule has 1 saturated carbocycles. The highest BCUT2D eigenvalue weighted by atomic mass is 32.1. The van der Waals surface area contributed by atoms with Crippen molar-refractivity contribution in [3.05, 3.63) is 34.8 Å². The Morgan fingerprint density at radius 3 is 2.56 bits per heavy atom. The molecule has 2 aromatic rings. The number of amides is 3. The minimum absolute atomic E-state index is 0.0405. The van der Waals surface area contributed by atoms with Crippen molar-refractivity contribution in [1.29, 1.82) is 0 Å². The van der Waals surface area contributed by atoms with E-state index in [1.54, 1.807) is 0 Å². The first kappa shape index (κ1) is 24.0. The lowest BCUT2D eigenvalue weighted by Gasteiger charge is -2.22. The van der Waals surface area contributed by atoms with Gasteiger partial charge in [0, 0.05) is 42.3 Å². The first-order valence-corrected chi connectivity index (χ1v) is 12.5. The number of benzene rings is 1. The van der Waals surface area contributed by atoms with Gasteiger partial charge >= 0.3 is 6.03 Å². The zero-order valence-electron chi connectivity index (χ0n) is 19.4. The zero-order chi connectivity index (χ0) is 22.9. The third-order valence-corrected chi connectivity index (χ3v) is 6.74. The van der Waals surface area contributed by atoms with Gasteiger partial charge in [-0.2, -0.15) is 0 Å². The van der Waals surface area contributed by atoms with Crippen molar-refractivity contribution in [2.24, 2.45) is 0 Å². The fourth-order valence-electron chi connectivity index (χ4n) is 4.07. The number of carbonyl (C=O) groups is 2. The molecule has 1 heterocycles. The van der Waals surface area contributed by atoms with E-state index in [2.05, 4.69) is 45.7 Å². The van der Waals surface area contributed by atoms with E-state index in [0.29, 0.717) is 18.0 Å². The summed E-state index contributed by atoms with van der Waals surface area (Å²) in [6.45, 7) is 8.19. The summed E-state index contributed by atoms with van der Waals surface area (Å²) in [7, 11) is 0. The molecule has 1 aliphatic rings. The maximum absolute atomic E-state index is 12.4. The lowest BCUT2D eigenvalue weighted by Crippen LogP contribution is -2.38. The number of nitrogens with zero attached hydrogens (tertiary/aromatic N) is 2. The number of thiazole rings is 1. The normalized spacial score (nSPS) is 14.1. The van der Waals surface area contributed by atoms with E-state index in [-0.39, 0.29) is 18.0 Å². The molecule has 0 unspecified atom stereocenters. The fourth-order valence-corrected chi connectivity index (χ4v) is 4.81. The monoisotopic (exact) mass is 457 g/mol. The molecule has 7 nitrogen and oxygen atoms in total. The number of carbonyl (C=O) groups excluding carboxylic acids is 2. The van der Waals surface area contributed by atoms with E-state index >= 15 is 0 Å². The highest BCUT2D eigenvalue weighted by molar-refractivity contribution is 7.13. The van der Waals surface area contributed by atoms with E-state index in [0.717, 1.165) is 42.9 Å². The molecular formula is C24H35N5O2S. The number of urea groups is 1. The second kappa shape index (κ2) is 11.9. The average molecular weight is 458 g/mol. The third kappa shape index (κ3) is 6.95. The van der Waals surface area contributed by atoms with Crippen LogP contribution in [-0.4, -0.2) is 36.1 Å². The van der Waals surface area contributed by atoms with Gasteiger partial charge in [0.15, 0.2) is 5.13 Å². The molecule has 0 bridgehead atoms. The SMILES string of the molecule is CCN(CC)c1ccc(NC(=O)CCc2csc(NC(=O)NC3CCCCC3)n2)c(C)c1. The Bertz CT molecular complexity index is 904. The van der Waals surface area contributed by atoms with Gasteiger partial charge in [-0.3, -0.25) is 10.1 Å². The van der Waals surface area contributed by atoms with E-state index in [1.807, 2.05) is 24.4 Å². The lowest BCUT2D eigenvalue weighted by atomic mass is 9.96. The van der Waals surface area contributed by atoms with Crippen molar-refractivity contribution >= 4 is 39.8 Å². The molecule has 174 valence electrons. The number of aromatic nitrogens is 1. The summed E-state index contributed by atoms with van der Waals surface area (Å²) in [5, 5.41) is 11.3. The maximum atomic E-state index is 12.4. The van der Waals surface area contributed by atoms with Crippen LogP contribution in [0.1, 0.15) is 63.6 Å². The molecule has 32 heavy (non-hydrogen) atoms. The van der Waals surface area contributed by atoms with Crippen LogP contribution in [-0.2, 0) is 11.2 Å². The Morgan fingerprint density at radius 1 is 1.12 bits per heavy atom. The van der Waals surface area contributed by atoms with Crippen LogP contribution in [0.2, 0.25) is 0 Å². The number of hydrogen-bond donors (Lipinski definition) is 3.